The molecule has 2 fully saturated rings. The average molecular weight is 557 g/mol. The van der Waals surface area contributed by atoms with Crippen molar-refractivity contribution in [1.82, 2.24) is 20.5 Å². The van der Waals surface area contributed by atoms with Crippen molar-refractivity contribution in [1.29, 1.82) is 0 Å². The molecule has 3 amide bonds. The van der Waals surface area contributed by atoms with Crippen LogP contribution in [0.4, 0.5) is 4.79 Å². The first kappa shape index (κ1) is 29.4. The van der Waals surface area contributed by atoms with Crippen LogP contribution in [0.1, 0.15) is 59.8 Å². The Morgan fingerprint density at radius 1 is 1.23 bits per heavy atom. The van der Waals surface area contributed by atoms with Crippen LogP contribution in [0.15, 0.2) is 30.5 Å². The Balaban J connectivity index is 1.62. The second-order valence-electron chi connectivity index (χ2n) is 11.7. The lowest BCUT2D eigenvalue weighted by Crippen LogP contribution is -2.66. The number of ether oxygens (including phenoxy) is 2. The molecular weight excluding hydrogens is 516 g/mol. The number of carboxylic acid groups (broad SMARTS) is 1. The van der Waals surface area contributed by atoms with Crippen LogP contribution in [0, 0.1) is 5.41 Å². The Hall–Kier alpha value is -3.60. The van der Waals surface area contributed by atoms with Crippen molar-refractivity contribution < 1.29 is 34.1 Å². The van der Waals surface area contributed by atoms with Crippen molar-refractivity contribution in [2.24, 2.45) is 5.41 Å². The van der Waals surface area contributed by atoms with Gasteiger partial charge < -0.3 is 30.3 Å². The average Bonchev–Trinajstić information content (AvgIpc) is 3.63. The van der Waals surface area contributed by atoms with Crippen molar-refractivity contribution in [3.63, 3.8) is 0 Å². The van der Waals surface area contributed by atoms with Gasteiger partial charge in [-0.3, -0.25) is 14.5 Å². The van der Waals surface area contributed by atoms with Gasteiger partial charge >= 0.3 is 6.09 Å². The lowest BCUT2D eigenvalue weighted by atomic mass is 9.70. The molecule has 11 nitrogen and oxygen atoms in total. The molecule has 2 aliphatic rings. The van der Waals surface area contributed by atoms with Crippen LogP contribution in [0.3, 0.4) is 0 Å². The molecular formula is C29H40N4O7. The summed E-state index contributed by atoms with van der Waals surface area (Å²) in [5.74, 6) is -0.0921. The lowest BCUT2D eigenvalue weighted by molar-refractivity contribution is -0.141. The number of rotatable bonds is 10. The normalized spacial score (nSPS) is 22.4. The first-order chi connectivity index (χ1) is 18.9. The summed E-state index contributed by atoms with van der Waals surface area (Å²) in [7, 11) is 1.58. The highest BCUT2D eigenvalue weighted by atomic mass is 16.5. The number of carbonyl (C=O) groups excluding carboxylic acids is 2. The summed E-state index contributed by atoms with van der Waals surface area (Å²) in [6.45, 7) is 7.24. The van der Waals surface area contributed by atoms with Crippen LogP contribution in [0.2, 0.25) is 0 Å². The van der Waals surface area contributed by atoms with Crippen molar-refractivity contribution >= 4 is 28.7 Å². The predicted molar refractivity (Wildman–Crippen MR) is 148 cm³/mol. The topological polar surface area (TPSA) is 150 Å². The van der Waals surface area contributed by atoms with Gasteiger partial charge in [0.15, 0.2) is 6.10 Å². The van der Waals surface area contributed by atoms with E-state index in [4.69, 9.17) is 9.47 Å². The van der Waals surface area contributed by atoms with E-state index in [1.54, 1.807) is 40.1 Å². The third-order valence-corrected chi connectivity index (χ3v) is 7.92. The SMILES string of the molecule is CCC[C@H](NC(=O)[C@@]1(C(C)(C)C)C[C@@H](Oc2nccc3cc(OC)ccc23)CN1C(=O)O)C(O)C(=O)NC1CC1. The van der Waals surface area contributed by atoms with Crippen LogP contribution in [-0.2, 0) is 9.59 Å². The van der Waals surface area contributed by atoms with Gasteiger partial charge in [0.2, 0.25) is 11.8 Å². The number of nitrogens with one attached hydrogen (secondary N) is 2. The minimum Gasteiger partial charge on any atom is -0.497 e. The molecule has 0 radical (unpaired) electrons. The summed E-state index contributed by atoms with van der Waals surface area (Å²) in [6.07, 6.45) is 0.967. The first-order valence-electron chi connectivity index (χ1n) is 13.8. The van der Waals surface area contributed by atoms with E-state index < -0.39 is 47.1 Å². The Kier molecular flexibility index (Phi) is 8.44. The number of nitrogens with zero attached hydrogens (tertiary/aromatic N) is 2. The minimum atomic E-state index is -1.53. The summed E-state index contributed by atoms with van der Waals surface area (Å²) in [5, 5.41) is 28.3. The van der Waals surface area contributed by atoms with Gasteiger partial charge in [0.05, 0.1) is 19.7 Å². The van der Waals surface area contributed by atoms with Crippen molar-refractivity contribution in [2.75, 3.05) is 13.7 Å². The molecule has 11 heteroatoms. The molecule has 1 saturated carbocycles. The van der Waals surface area contributed by atoms with Crippen LogP contribution < -0.4 is 20.1 Å². The highest BCUT2D eigenvalue weighted by molar-refractivity contribution is 5.93. The van der Waals surface area contributed by atoms with Crippen molar-refractivity contribution in [3.8, 4) is 11.6 Å². The number of carbonyl (C=O) groups is 3. The molecule has 1 saturated heterocycles. The molecule has 0 spiro atoms. The molecule has 4 N–H and O–H groups in total. The van der Waals surface area contributed by atoms with Gasteiger partial charge in [-0.15, -0.1) is 0 Å². The largest absolute Gasteiger partial charge is 0.497 e. The molecule has 1 aromatic heterocycles. The monoisotopic (exact) mass is 556 g/mol. The summed E-state index contributed by atoms with van der Waals surface area (Å²) in [5.41, 5.74) is -2.39. The number of fused-ring (bicyclic) bond motifs is 1. The lowest BCUT2D eigenvalue weighted by Gasteiger charge is -2.45. The molecule has 218 valence electrons. The van der Waals surface area contributed by atoms with E-state index in [1.165, 1.54) is 0 Å². The van der Waals surface area contributed by atoms with Crippen LogP contribution in [0.25, 0.3) is 10.8 Å². The number of aromatic nitrogens is 1. The van der Waals surface area contributed by atoms with Crippen molar-refractivity contribution in [2.45, 2.75) is 89.6 Å². The first-order valence-corrected chi connectivity index (χ1v) is 13.8. The molecule has 2 heterocycles. The minimum absolute atomic E-state index is 0.0556. The van der Waals surface area contributed by atoms with Gasteiger partial charge in [-0.05, 0) is 54.3 Å². The number of pyridine rings is 1. The van der Waals surface area contributed by atoms with E-state index >= 15 is 0 Å². The molecule has 4 rings (SSSR count). The zero-order chi connectivity index (χ0) is 29.2. The van der Waals surface area contributed by atoms with Gasteiger partial charge in [-0.25, -0.2) is 9.78 Å². The van der Waals surface area contributed by atoms with E-state index in [0.29, 0.717) is 24.5 Å². The number of aliphatic hydroxyl groups excluding tert-OH is 1. The van der Waals surface area contributed by atoms with E-state index in [9.17, 15) is 24.6 Å². The fraction of sp³-hybridized carbons (Fsp3) is 0.586. The maximum atomic E-state index is 14.1. The molecule has 1 aliphatic carbocycles. The molecule has 1 aliphatic heterocycles. The number of benzene rings is 1. The smallest absolute Gasteiger partial charge is 0.408 e. The number of aliphatic hydroxyl groups is 1. The summed E-state index contributed by atoms with van der Waals surface area (Å²) in [4.78, 5) is 44.8. The van der Waals surface area contributed by atoms with Crippen LogP contribution in [0.5, 0.6) is 11.6 Å². The molecule has 2 aromatic rings. The van der Waals surface area contributed by atoms with Gasteiger partial charge in [-0.1, -0.05) is 34.1 Å². The highest BCUT2D eigenvalue weighted by Crippen LogP contribution is 2.45. The number of hydrogen-bond acceptors (Lipinski definition) is 7. The maximum Gasteiger partial charge on any atom is 0.408 e. The molecule has 1 aromatic carbocycles. The van der Waals surface area contributed by atoms with Crippen LogP contribution in [-0.4, -0.2) is 81.5 Å². The fourth-order valence-electron chi connectivity index (χ4n) is 5.56. The number of hydrogen-bond donors (Lipinski definition) is 4. The van der Waals surface area contributed by atoms with Gasteiger partial charge in [-0.2, -0.15) is 0 Å². The second kappa shape index (κ2) is 11.5. The Labute approximate surface area is 234 Å². The molecule has 0 bridgehead atoms. The molecule has 40 heavy (non-hydrogen) atoms. The zero-order valence-corrected chi connectivity index (χ0v) is 23.8. The summed E-state index contributed by atoms with van der Waals surface area (Å²) in [6, 6.07) is 6.48. The van der Waals surface area contributed by atoms with E-state index in [0.717, 1.165) is 28.5 Å². The third kappa shape index (κ3) is 5.79. The Morgan fingerprint density at radius 2 is 1.95 bits per heavy atom. The van der Waals surface area contributed by atoms with Gasteiger partial charge in [0, 0.05) is 24.0 Å². The van der Waals surface area contributed by atoms with E-state index in [1.807, 2.05) is 25.1 Å². The summed E-state index contributed by atoms with van der Waals surface area (Å²) < 4.78 is 11.6. The molecule has 4 atom stereocenters. The van der Waals surface area contributed by atoms with Gasteiger partial charge in [0.1, 0.15) is 17.4 Å². The Bertz CT molecular complexity index is 1260. The number of methoxy groups -OCH3 is 1. The maximum absolute atomic E-state index is 14.1. The quantitative estimate of drug-likeness (QED) is 0.349. The Morgan fingerprint density at radius 3 is 2.55 bits per heavy atom. The number of amides is 3. The van der Waals surface area contributed by atoms with Crippen LogP contribution >= 0.6 is 0 Å². The second-order valence-corrected chi connectivity index (χ2v) is 11.7. The fourth-order valence-corrected chi connectivity index (χ4v) is 5.56. The predicted octanol–water partition coefficient (Wildman–Crippen LogP) is 3.08. The van der Waals surface area contributed by atoms with E-state index in [-0.39, 0.29) is 19.0 Å². The van der Waals surface area contributed by atoms with E-state index in [2.05, 4.69) is 15.6 Å². The highest BCUT2D eigenvalue weighted by Gasteiger charge is 2.61. The molecule has 1 unspecified atom stereocenters. The zero-order valence-electron chi connectivity index (χ0n) is 23.8. The standard InChI is InChI=1S/C29H40N4O7/c1-6-7-22(23(34)24(35)31-18-8-9-18)32-26(36)29(28(2,3)4)15-20(16-33(29)27(37)38)40-25-21-11-10-19(39-5)14-17(21)12-13-30-25/h10-14,18,20,22-23,34H,6-9,15-16H2,1-5H3,(H,31,35)(H,32,36)(H,37,38)/t20-,22+,23?,29-/m1/s1. The number of likely N-dealkylation sites (tertiary alicyclic amines) is 1. The summed E-state index contributed by atoms with van der Waals surface area (Å²) >= 11 is 0. The van der Waals surface area contributed by atoms with Crippen molar-refractivity contribution in [3.05, 3.63) is 30.5 Å². The third-order valence-electron chi connectivity index (χ3n) is 7.92. The van der Waals surface area contributed by atoms with Gasteiger partial charge in [0.25, 0.3) is 5.91 Å².